The second-order valence-electron chi connectivity index (χ2n) is 6.46. The maximum atomic E-state index is 13.0. The maximum absolute atomic E-state index is 13.0. The lowest BCUT2D eigenvalue weighted by Gasteiger charge is -2.16. The summed E-state index contributed by atoms with van der Waals surface area (Å²) in [6.07, 6.45) is 2.95. The van der Waals surface area contributed by atoms with Crippen LogP contribution in [0.4, 0.5) is 4.39 Å². The van der Waals surface area contributed by atoms with Gasteiger partial charge in [0.25, 0.3) is 11.4 Å². The van der Waals surface area contributed by atoms with E-state index in [1.807, 2.05) is 0 Å². The van der Waals surface area contributed by atoms with Gasteiger partial charge in [-0.1, -0.05) is 5.16 Å². The van der Waals surface area contributed by atoms with Gasteiger partial charge in [-0.3, -0.25) is 4.79 Å². The highest BCUT2D eigenvalue weighted by Gasteiger charge is 2.27. The molecule has 0 amide bonds. The lowest BCUT2D eigenvalue weighted by Crippen LogP contribution is -2.29. The molecule has 28 heavy (non-hydrogen) atoms. The number of hydrogen-bond donors (Lipinski definition) is 0. The molecule has 2 aromatic heterocycles. The van der Waals surface area contributed by atoms with Crippen LogP contribution in [-0.4, -0.2) is 40.5 Å². The molecule has 1 aliphatic heterocycles. The van der Waals surface area contributed by atoms with Crippen molar-refractivity contribution in [3.8, 4) is 11.5 Å². The average molecular weight is 404 g/mol. The highest BCUT2D eigenvalue weighted by molar-refractivity contribution is 7.89. The van der Waals surface area contributed by atoms with E-state index in [0.29, 0.717) is 18.7 Å². The van der Waals surface area contributed by atoms with Gasteiger partial charge >= 0.3 is 0 Å². The van der Waals surface area contributed by atoms with Crippen molar-refractivity contribution in [2.75, 3.05) is 13.1 Å². The van der Waals surface area contributed by atoms with E-state index in [0.717, 1.165) is 12.8 Å². The molecule has 3 aromatic rings. The zero-order valence-electron chi connectivity index (χ0n) is 14.8. The van der Waals surface area contributed by atoms with Gasteiger partial charge in [0.1, 0.15) is 5.82 Å². The lowest BCUT2D eigenvalue weighted by molar-refractivity contribution is 0.420. The van der Waals surface area contributed by atoms with Gasteiger partial charge in [-0.2, -0.15) is 9.29 Å². The van der Waals surface area contributed by atoms with Crippen LogP contribution in [0.25, 0.3) is 11.5 Å². The van der Waals surface area contributed by atoms with Gasteiger partial charge in [-0.25, -0.2) is 12.8 Å². The molecule has 1 aromatic carbocycles. The van der Waals surface area contributed by atoms with Crippen molar-refractivity contribution < 1.29 is 17.3 Å². The van der Waals surface area contributed by atoms with Crippen LogP contribution in [0, 0.1) is 5.82 Å². The molecule has 3 heterocycles. The molecule has 0 unspecified atom stereocenters. The number of pyridine rings is 1. The van der Waals surface area contributed by atoms with E-state index in [1.54, 1.807) is 0 Å². The van der Waals surface area contributed by atoms with Gasteiger partial charge in [-0.05, 0) is 43.2 Å². The molecule has 0 bridgehead atoms. The minimum absolute atomic E-state index is 0.0487. The first-order valence-corrected chi connectivity index (χ1v) is 10.2. The summed E-state index contributed by atoms with van der Waals surface area (Å²) in [5.74, 6) is 0.00658. The highest BCUT2D eigenvalue weighted by atomic mass is 32.2. The number of halogens is 1. The van der Waals surface area contributed by atoms with Gasteiger partial charge in [0.15, 0.2) is 5.82 Å². The first-order valence-electron chi connectivity index (χ1n) is 8.73. The second-order valence-corrected chi connectivity index (χ2v) is 8.40. The summed E-state index contributed by atoms with van der Waals surface area (Å²) in [6, 6.07) is 8.08. The predicted octanol–water partition coefficient (Wildman–Crippen LogP) is 1.87. The molecule has 10 heteroatoms. The Morgan fingerprint density at radius 2 is 1.79 bits per heavy atom. The maximum Gasteiger partial charge on any atom is 0.257 e. The third-order valence-electron chi connectivity index (χ3n) is 4.53. The Labute approximate surface area is 160 Å². The van der Waals surface area contributed by atoms with Crippen LogP contribution in [0.15, 0.2) is 56.8 Å². The molecule has 1 fully saturated rings. The second kappa shape index (κ2) is 7.28. The Bertz CT molecular complexity index is 1150. The van der Waals surface area contributed by atoms with Crippen LogP contribution in [0.1, 0.15) is 18.7 Å². The van der Waals surface area contributed by atoms with E-state index in [4.69, 9.17) is 4.52 Å². The molecule has 0 atom stereocenters. The van der Waals surface area contributed by atoms with E-state index in [2.05, 4.69) is 10.1 Å². The van der Waals surface area contributed by atoms with Crippen molar-refractivity contribution in [3.63, 3.8) is 0 Å². The molecule has 4 rings (SSSR count). The van der Waals surface area contributed by atoms with E-state index >= 15 is 0 Å². The fourth-order valence-electron chi connectivity index (χ4n) is 3.04. The van der Waals surface area contributed by atoms with Crippen molar-refractivity contribution in [1.82, 2.24) is 19.0 Å². The smallest absolute Gasteiger partial charge is 0.257 e. The van der Waals surface area contributed by atoms with Crippen LogP contribution < -0.4 is 5.56 Å². The van der Waals surface area contributed by atoms with Crippen LogP contribution in [0.3, 0.4) is 0 Å². The number of aromatic nitrogens is 3. The third-order valence-corrected chi connectivity index (χ3v) is 6.41. The van der Waals surface area contributed by atoms with E-state index in [9.17, 15) is 17.6 Å². The Kier molecular flexibility index (Phi) is 4.82. The minimum atomic E-state index is -3.64. The molecule has 0 spiro atoms. The average Bonchev–Trinajstić information content (AvgIpc) is 3.36. The summed E-state index contributed by atoms with van der Waals surface area (Å²) < 4.78 is 46.2. The van der Waals surface area contributed by atoms with Gasteiger partial charge < -0.3 is 9.09 Å². The fourth-order valence-corrected chi connectivity index (χ4v) is 4.58. The number of hydrogen-bond acceptors (Lipinski definition) is 6. The molecular formula is C18H17FN4O4S. The summed E-state index contributed by atoms with van der Waals surface area (Å²) in [7, 11) is -3.64. The summed E-state index contributed by atoms with van der Waals surface area (Å²) in [6.45, 7) is 0.910. The third kappa shape index (κ3) is 3.60. The summed E-state index contributed by atoms with van der Waals surface area (Å²) >= 11 is 0. The van der Waals surface area contributed by atoms with Gasteiger partial charge in [0, 0.05) is 30.9 Å². The van der Waals surface area contributed by atoms with Crippen LogP contribution >= 0.6 is 0 Å². The van der Waals surface area contributed by atoms with Crippen molar-refractivity contribution in [2.24, 2.45) is 0 Å². The van der Waals surface area contributed by atoms with Crippen LogP contribution in [0.2, 0.25) is 0 Å². The summed E-state index contributed by atoms with van der Waals surface area (Å²) in [4.78, 5) is 16.4. The molecule has 1 saturated heterocycles. The molecule has 1 aliphatic rings. The topological polar surface area (TPSA) is 98.3 Å². The number of benzene rings is 1. The zero-order chi connectivity index (χ0) is 19.7. The monoisotopic (exact) mass is 404 g/mol. The van der Waals surface area contributed by atoms with Gasteiger partial charge in [-0.15, -0.1) is 0 Å². The number of sulfonamides is 1. The Hall–Kier alpha value is -2.85. The molecule has 0 saturated carbocycles. The lowest BCUT2D eigenvalue weighted by atomic mass is 10.2. The van der Waals surface area contributed by atoms with Crippen molar-refractivity contribution >= 4 is 10.0 Å². The van der Waals surface area contributed by atoms with E-state index in [1.165, 1.54) is 51.5 Å². The first-order chi connectivity index (χ1) is 13.4. The number of nitrogens with zero attached hydrogens (tertiary/aromatic N) is 4. The number of rotatable bonds is 5. The molecular weight excluding hydrogens is 387 g/mol. The van der Waals surface area contributed by atoms with Crippen LogP contribution in [0.5, 0.6) is 0 Å². The first kappa shape index (κ1) is 18.5. The fraction of sp³-hybridized carbons (Fsp3) is 0.278. The molecule has 0 N–H and O–H groups in total. The van der Waals surface area contributed by atoms with Crippen molar-refractivity contribution in [3.05, 3.63) is 64.6 Å². The van der Waals surface area contributed by atoms with E-state index in [-0.39, 0.29) is 34.5 Å². The highest BCUT2D eigenvalue weighted by Crippen LogP contribution is 2.20. The Morgan fingerprint density at radius 3 is 2.50 bits per heavy atom. The summed E-state index contributed by atoms with van der Waals surface area (Å²) in [5.41, 5.74) is 0.159. The van der Waals surface area contributed by atoms with Gasteiger partial charge in [0.2, 0.25) is 10.0 Å². The normalized spacial score (nSPS) is 15.2. The Morgan fingerprint density at radius 1 is 1.07 bits per heavy atom. The predicted molar refractivity (Wildman–Crippen MR) is 97.5 cm³/mol. The molecule has 146 valence electrons. The zero-order valence-corrected chi connectivity index (χ0v) is 15.6. The summed E-state index contributed by atoms with van der Waals surface area (Å²) in [5, 5.41) is 3.82. The molecule has 0 radical (unpaired) electrons. The van der Waals surface area contributed by atoms with E-state index < -0.39 is 10.0 Å². The molecule has 8 nitrogen and oxygen atoms in total. The van der Waals surface area contributed by atoms with Crippen LogP contribution in [-0.2, 0) is 16.6 Å². The van der Waals surface area contributed by atoms with Crippen molar-refractivity contribution in [1.29, 1.82) is 0 Å². The van der Waals surface area contributed by atoms with Crippen molar-refractivity contribution in [2.45, 2.75) is 24.3 Å². The SMILES string of the molecule is O=c1ccc(S(=O)(=O)N2CCCC2)cn1Cc1noc(-c2ccc(F)cc2)n1. The largest absolute Gasteiger partial charge is 0.334 e. The van der Waals surface area contributed by atoms with Gasteiger partial charge in [0.05, 0.1) is 11.4 Å². The standard InChI is InChI=1S/C18H17FN4O4S/c19-14-5-3-13(4-6-14)18-20-16(21-27-18)12-22-11-15(7-8-17(22)24)28(25,26)23-9-1-2-10-23/h3-8,11H,1-2,9-10,12H2. The molecule has 0 aliphatic carbocycles. The quantitative estimate of drug-likeness (QED) is 0.644. The minimum Gasteiger partial charge on any atom is -0.334 e. The Balaban J connectivity index is 1.60.